The lowest BCUT2D eigenvalue weighted by atomic mass is 9.91. The van der Waals surface area contributed by atoms with E-state index in [0.717, 1.165) is 6.42 Å². The summed E-state index contributed by atoms with van der Waals surface area (Å²) in [6.07, 6.45) is 3.61. The first-order chi connectivity index (χ1) is 10.5. The molecule has 0 spiro atoms. The molecule has 0 aliphatic carbocycles. The van der Waals surface area contributed by atoms with Gasteiger partial charge < -0.3 is 4.90 Å². The highest BCUT2D eigenvalue weighted by molar-refractivity contribution is 7.98. The van der Waals surface area contributed by atoms with Crippen LogP contribution >= 0.6 is 11.8 Å². The molecule has 5 heteroatoms. The summed E-state index contributed by atoms with van der Waals surface area (Å²) in [4.78, 5) is 15.4. The molecule has 1 aromatic carbocycles. The molecule has 1 aromatic rings. The number of carbonyl (C=O) groups excluding carboxylic acids is 1. The minimum absolute atomic E-state index is 0.223. The van der Waals surface area contributed by atoms with Gasteiger partial charge in [0.1, 0.15) is 0 Å². The van der Waals surface area contributed by atoms with Crippen LogP contribution in [0.4, 0.5) is 0 Å². The zero-order valence-electron chi connectivity index (χ0n) is 13.9. The van der Waals surface area contributed by atoms with E-state index in [1.807, 2.05) is 11.9 Å². The third kappa shape index (κ3) is 4.48. The van der Waals surface area contributed by atoms with Crippen molar-refractivity contribution in [3.63, 3.8) is 0 Å². The molecule has 0 saturated carbocycles. The molecule has 2 atom stereocenters. The van der Waals surface area contributed by atoms with Crippen molar-refractivity contribution in [2.24, 2.45) is 5.92 Å². The number of rotatable bonds is 6. The van der Waals surface area contributed by atoms with Crippen molar-refractivity contribution in [1.82, 2.24) is 15.8 Å². The maximum Gasteiger partial charge on any atom is 0.222 e. The van der Waals surface area contributed by atoms with Crippen LogP contribution in [0.5, 0.6) is 0 Å². The summed E-state index contributed by atoms with van der Waals surface area (Å²) >= 11 is 1.73. The van der Waals surface area contributed by atoms with Gasteiger partial charge in [0.2, 0.25) is 5.91 Å². The third-order valence-corrected chi connectivity index (χ3v) is 5.22. The van der Waals surface area contributed by atoms with E-state index in [2.05, 4.69) is 55.2 Å². The fourth-order valence-electron chi connectivity index (χ4n) is 3.02. The number of nitrogens with zero attached hydrogens (tertiary/aromatic N) is 1. The summed E-state index contributed by atoms with van der Waals surface area (Å²) in [7, 11) is 1.89. The number of thioether (sulfide) groups is 1. The fourth-order valence-corrected chi connectivity index (χ4v) is 3.51. The number of benzene rings is 1. The van der Waals surface area contributed by atoms with Gasteiger partial charge in [0.15, 0.2) is 0 Å². The summed E-state index contributed by atoms with van der Waals surface area (Å²) in [5.41, 5.74) is 7.68. The van der Waals surface area contributed by atoms with E-state index in [9.17, 15) is 4.79 Å². The summed E-state index contributed by atoms with van der Waals surface area (Å²) in [6.45, 7) is 5.02. The zero-order valence-corrected chi connectivity index (χ0v) is 14.7. The Hall–Kier alpha value is -1.04. The fraction of sp³-hybridized carbons (Fsp3) is 0.588. The van der Waals surface area contributed by atoms with E-state index in [-0.39, 0.29) is 5.91 Å². The van der Waals surface area contributed by atoms with Crippen LogP contribution in [0, 0.1) is 5.92 Å². The summed E-state index contributed by atoms with van der Waals surface area (Å²) < 4.78 is 0. The topological polar surface area (TPSA) is 44.4 Å². The van der Waals surface area contributed by atoms with E-state index in [4.69, 9.17) is 0 Å². The molecule has 0 bridgehead atoms. The Bertz CT molecular complexity index is 498. The van der Waals surface area contributed by atoms with Gasteiger partial charge >= 0.3 is 0 Å². The van der Waals surface area contributed by atoms with E-state index < -0.39 is 0 Å². The Morgan fingerprint density at radius 1 is 1.27 bits per heavy atom. The molecule has 0 radical (unpaired) electrons. The smallest absolute Gasteiger partial charge is 0.222 e. The molecular formula is C17H27N3OS. The Balaban J connectivity index is 1.84. The van der Waals surface area contributed by atoms with Crippen molar-refractivity contribution < 1.29 is 4.79 Å². The Morgan fingerprint density at radius 2 is 1.95 bits per heavy atom. The van der Waals surface area contributed by atoms with Gasteiger partial charge in [0.05, 0.1) is 0 Å². The van der Waals surface area contributed by atoms with Gasteiger partial charge in [-0.2, -0.15) is 0 Å². The standard InChI is InChI=1S/C17H27N3OS/c1-12-16(13(2)19-18-12)8-9-17(21)20(3)11-14-6-5-7-15(10-14)22-4/h5-7,10,12-13,16,18-19H,8-9,11H2,1-4H3. The van der Waals surface area contributed by atoms with Gasteiger partial charge in [0, 0.05) is 37.0 Å². The Labute approximate surface area is 138 Å². The molecule has 1 aliphatic heterocycles. The first-order valence-electron chi connectivity index (χ1n) is 7.89. The lowest BCUT2D eigenvalue weighted by Crippen LogP contribution is -2.30. The number of carbonyl (C=O) groups is 1. The second-order valence-corrected chi connectivity index (χ2v) is 7.05. The molecule has 1 amide bonds. The second kappa shape index (κ2) is 7.99. The predicted molar refractivity (Wildman–Crippen MR) is 92.6 cm³/mol. The molecule has 0 aromatic heterocycles. The highest BCUT2D eigenvalue weighted by atomic mass is 32.2. The molecule has 1 aliphatic rings. The maximum absolute atomic E-state index is 12.4. The van der Waals surface area contributed by atoms with Crippen LogP contribution in [-0.4, -0.2) is 36.2 Å². The van der Waals surface area contributed by atoms with E-state index >= 15 is 0 Å². The number of hydrazine groups is 1. The van der Waals surface area contributed by atoms with Gasteiger partial charge in [-0.1, -0.05) is 12.1 Å². The van der Waals surface area contributed by atoms with Crippen molar-refractivity contribution >= 4 is 17.7 Å². The molecular weight excluding hydrogens is 294 g/mol. The van der Waals surface area contributed by atoms with E-state index in [1.165, 1.54) is 10.5 Å². The lowest BCUT2D eigenvalue weighted by molar-refractivity contribution is -0.130. The number of hydrogen-bond donors (Lipinski definition) is 2. The summed E-state index contributed by atoms with van der Waals surface area (Å²) in [5.74, 6) is 0.734. The van der Waals surface area contributed by atoms with Crippen molar-refractivity contribution in [1.29, 1.82) is 0 Å². The van der Waals surface area contributed by atoms with Crippen molar-refractivity contribution in [3.8, 4) is 0 Å². The molecule has 2 rings (SSSR count). The van der Waals surface area contributed by atoms with Gasteiger partial charge in [-0.15, -0.1) is 11.8 Å². The molecule has 1 heterocycles. The highest BCUT2D eigenvalue weighted by Gasteiger charge is 2.30. The van der Waals surface area contributed by atoms with Crippen LogP contribution in [0.3, 0.4) is 0 Å². The highest BCUT2D eigenvalue weighted by Crippen LogP contribution is 2.21. The predicted octanol–water partition coefficient (Wildman–Crippen LogP) is 2.65. The Kier molecular flexibility index (Phi) is 6.29. The molecule has 2 unspecified atom stereocenters. The quantitative estimate of drug-likeness (QED) is 0.791. The molecule has 2 N–H and O–H groups in total. The maximum atomic E-state index is 12.4. The van der Waals surface area contributed by atoms with Crippen molar-refractivity contribution in [2.75, 3.05) is 13.3 Å². The minimum atomic E-state index is 0.223. The zero-order chi connectivity index (χ0) is 16.1. The van der Waals surface area contributed by atoms with E-state index in [0.29, 0.717) is 31.0 Å². The third-order valence-electron chi connectivity index (χ3n) is 4.49. The normalized spacial score (nSPS) is 24.5. The van der Waals surface area contributed by atoms with Crippen molar-refractivity contribution in [2.45, 2.75) is 50.2 Å². The molecule has 1 saturated heterocycles. The van der Waals surface area contributed by atoms with E-state index in [1.54, 1.807) is 11.8 Å². The first kappa shape index (κ1) is 17.3. The SMILES string of the molecule is CSc1cccc(CN(C)C(=O)CCC2C(C)NNC2C)c1. The first-order valence-corrected chi connectivity index (χ1v) is 9.11. The molecule has 4 nitrogen and oxygen atoms in total. The summed E-state index contributed by atoms with van der Waals surface area (Å²) in [5, 5.41) is 0. The number of nitrogens with one attached hydrogen (secondary N) is 2. The molecule has 22 heavy (non-hydrogen) atoms. The van der Waals surface area contributed by atoms with Crippen LogP contribution in [0.1, 0.15) is 32.3 Å². The number of amides is 1. The van der Waals surface area contributed by atoms with Gasteiger partial charge in [0.25, 0.3) is 0 Å². The van der Waals surface area contributed by atoms with Crippen molar-refractivity contribution in [3.05, 3.63) is 29.8 Å². The molecule has 122 valence electrons. The minimum Gasteiger partial charge on any atom is -0.341 e. The Morgan fingerprint density at radius 3 is 2.59 bits per heavy atom. The number of hydrogen-bond acceptors (Lipinski definition) is 4. The van der Waals surface area contributed by atoms with Crippen LogP contribution in [-0.2, 0) is 11.3 Å². The van der Waals surface area contributed by atoms with Crippen LogP contribution in [0.25, 0.3) is 0 Å². The van der Waals surface area contributed by atoms with Gasteiger partial charge in [-0.3, -0.25) is 15.6 Å². The van der Waals surface area contributed by atoms with Gasteiger partial charge in [-0.25, -0.2) is 0 Å². The van der Waals surface area contributed by atoms with Gasteiger partial charge in [-0.05, 0) is 50.1 Å². The largest absolute Gasteiger partial charge is 0.341 e. The monoisotopic (exact) mass is 321 g/mol. The van der Waals surface area contributed by atoms with Crippen LogP contribution < -0.4 is 10.9 Å². The lowest BCUT2D eigenvalue weighted by Gasteiger charge is -2.21. The molecule has 1 fully saturated rings. The second-order valence-electron chi connectivity index (χ2n) is 6.17. The average Bonchev–Trinajstić information content (AvgIpc) is 2.83. The van der Waals surface area contributed by atoms with Crippen LogP contribution in [0.15, 0.2) is 29.2 Å². The van der Waals surface area contributed by atoms with Crippen LogP contribution in [0.2, 0.25) is 0 Å². The average molecular weight is 321 g/mol. The summed E-state index contributed by atoms with van der Waals surface area (Å²) in [6, 6.07) is 9.23.